The minimum Gasteiger partial charge on any atom is -0.497 e. The van der Waals surface area contributed by atoms with E-state index in [4.69, 9.17) is 27.9 Å². The smallest absolute Gasteiger partial charge is 0.317 e. The van der Waals surface area contributed by atoms with E-state index in [0.29, 0.717) is 16.6 Å². The summed E-state index contributed by atoms with van der Waals surface area (Å²) in [6, 6.07) is 11.9. The van der Waals surface area contributed by atoms with Crippen LogP contribution in [0.1, 0.15) is 36.0 Å². The number of amides is 2. The van der Waals surface area contributed by atoms with E-state index >= 15 is 0 Å². The number of hydrogen-bond donors (Lipinski definition) is 1. The van der Waals surface area contributed by atoms with Gasteiger partial charge in [0.15, 0.2) is 0 Å². The largest absolute Gasteiger partial charge is 0.497 e. The zero-order chi connectivity index (χ0) is 22.7. The highest BCUT2D eigenvalue weighted by atomic mass is 35.5. The Labute approximate surface area is 200 Å². The predicted octanol–water partition coefficient (Wildman–Crippen LogP) is 5.51. The number of aryl methyl sites for hydroxylation is 1. The van der Waals surface area contributed by atoms with Crippen LogP contribution in [0.25, 0.3) is 0 Å². The molecule has 1 atom stereocenters. The van der Waals surface area contributed by atoms with Gasteiger partial charge in [0.2, 0.25) is 0 Å². The maximum atomic E-state index is 12.9. The molecule has 2 heterocycles. The Morgan fingerprint density at radius 2 is 1.91 bits per heavy atom. The fourth-order valence-corrected chi connectivity index (χ4v) is 5.43. The van der Waals surface area contributed by atoms with Gasteiger partial charge in [0.05, 0.1) is 17.2 Å². The first-order valence-electron chi connectivity index (χ1n) is 11.2. The molecule has 1 spiro atoms. The van der Waals surface area contributed by atoms with Crippen LogP contribution in [0, 0.1) is 12.3 Å². The lowest BCUT2D eigenvalue weighted by Crippen LogP contribution is -2.50. The van der Waals surface area contributed by atoms with Gasteiger partial charge in [-0.15, -0.1) is 0 Å². The van der Waals surface area contributed by atoms with Gasteiger partial charge in [-0.05, 0) is 73.7 Å². The first-order valence-corrected chi connectivity index (χ1v) is 12.0. The molecule has 2 amide bonds. The number of piperidine rings is 1. The number of ether oxygens (including phenoxy) is 1. The fraction of sp³-hybridized carbons (Fsp3) is 0.480. The van der Waals surface area contributed by atoms with Crippen molar-refractivity contribution in [2.24, 2.45) is 5.41 Å². The van der Waals surface area contributed by atoms with Gasteiger partial charge < -0.3 is 15.0 Å². The van der Waals surface area contributed by atoms with Gasteiger partial charge >= 0.3 is 6.03 Å². The molecule has 2 aliphatic heterocycles. The molecule has 0 radical (unpaired) electrons. The first kappa shape index (κ1) is 23.2. The molecule has 0 aromatic heterocycles. The van der Waals surface area contributed by atoms with Crippen molar-refractivity contribution >= 4 is 29.2 Å². The summed E-state index contributed by atoms with van der Waals surface area (Å²) in [5.41, 5.74) is 3.53. The van der Waals surface area contributed by atoms with E-state index in [-0.39, 0.29) is 11.4 Å². The van der Waals surface area contributed by atoms with E-state index in [1.54, 1.807) is 7.11 Å². The molecule has 0 aliphatic carbocycles. The predicted molar refractivity (Wildman–Crippen MR) is 130 cm³/mol. The number of nitrogens with zero attached hydrogens (tertiary/aromatic N) is 2. The highest BCUT2D eigenvalue weighted by Gasteiger charge is 2.42. The second-order valence-electron chi connectivity index (χ2n) is 9.25. The SMILES string of the molecule is COc1cc(C)cc(CNC(=O)N2CCCC3(CCN(Cc4ccc(Cl)c(Cl)c4)C3)C2)c1. The van der Waals surface area contributed by atoms with E-state index in [1.807, 2.05) is 42.2 Å². The molecule has 2 aromatic carbocycles. The average molecular weight is 476 g/mol. The molecule has 2 aromatic rings. The third kappa shape index (κ3) is 5.51. The Kier molecular flexibility index (Phi) is 7.18. The summed E-state index contributed by atoms with van der Waals surface area (Å²) < 4.78 is 5.35. The zero-order valence-corrected chi connectivity index (χ0v) is 20.3. The van der Waals surface area contributed by atoms with Crippen LogP contribution in [0.5, 0.6) is 5.75 Å². The molecular weight excluding hydrogens is 445 g/mol. The molecule has 2 aliphatic rings. The van der Waals surface area contributed by atoms with Gasteiger partial charge in [-0.3, -0.25) is 4.90 Å². The van der Waals surface area contributed by atoms with Gasteiger partial charge in [-0.2, -0.15) is 0 Å². The molecule has 1 unspecified atom stereocenters. The number of likely N-dealkylation sites (tertiary alicyclic amines) is 2. The number of halogens is 2. The third-order valence-electron chi connectivity index (χ3n) is 6.65. The number of carbonyl (C=O) groups excluding carboxylic acids is 1. The van der Waals surface area contributed by atoms with Crippen molar-refractivity contribution < 1.29 is 9.53 Å². The Bertz CT molecular complexity index is 984. The second kappa shape index (κ2) is 9.90. The highest BCUT2D eigenvalue weighted by molar-refractivity contribution is 6.42. The molecule has 4 rings (SSSR count). The lowest BCUT2D eigenvalue weighted by atomic mass is 9.79. The van der Waals surface area contributed by atoms with Gasteiger partial charge in [-0.1, -0.05) is 35.3 Å². The molecule has 5 nitrogen and oxygen atoms in total. The number of carbonyl (C=O) groups is 1. The first-order chi connectivity index (χ1) is 15.4. The number of nitrogens with one attached hydrogen (secondary N) is 1. The van der Waals surface area contributed by atoms with Crippen LogP contribution in [0.3, 0.4) is 0 Å². The lowest BCUT2D eigenvalue weighted by molar-refractivity contribution is 0.107. The van der Waals surface area contributed by atoms with Crippen molar-refractivity contribution in [3.05, 3.63) is 63.1 Å². The molecular formula is C25H31Cl2N3O2. The summed E-state index contributed by atoms with van der Waals surface area (Å²) >= 11 is 12.2. The van der Waals surface area contributed by atoms with Gasteiger partial charge in [-0.25, -0.2) is 4.79 Å². The molecule has 0 bridgehead atoms. The van der Waals surface area contributed by atoms with Crippen LogP contribution in [0.2, 0.25) is 10.0 Å². The van der Waals surface area contributed by atoms with E-state index in [9.17, 15) is 4.79 Å². The zero-order valence-electron chi connectivity index (χ0n) is 18.8. The Hall–Kier alpha value is -1.95. The van der Waals surface area contributed by atoms with Crippen molar-refractivity contribution in [3.8, 4) is 5.75 Å². The summed E-state index contributed by atoms with van der Waals surface area (Å²) in [5, 5.41) is 4.30. The van der Waals surface area contributed by atoms with Crippen molar-refractivity contribution in [3.63, 3.8) is 0 Å². The Morgan fingerprint density at radius 3 is 2.69 bits per heavy atom. The number of urea groups is 1. The van der Waals surface area contributed by atoms with Crippen molar-refractivity contribution in [2.45, 2.75) is 39.3 Å². The minimum atomic E-state index is 0.0208. The second-order valence-corrected chi connectivity index (χ2v) is 10.1. The number of rotatable bonds is 5. The van der Waals surface area contributed by atoms with Crippen LogP contribution in [0.15, 0.2) is 36.4 Å². The number of hydrogen-bond acceptors (Lipinski definition) is 3. The van der Waals surface area contributed by atoms with Crippen molar-refractivity contribution in [1.82, 2.24) is 15.1 Å². The van der Waals surface area contributed by atoms with Gasteiger partial charge in [0.1, 0.15) is 5.75 Å². The maximum Gasteiger partial charge on any atom is 0.317 e. The third-order valence-corrected chi connectivity index (χ3v) is 7.39. The highest BCUT2D eigenvalue weighted by Crippen LogP contribution is 2.39. The summed E-state index contributed by atoms with van der Waals surface area (Å²) in [7, 11) is 1.66. The average Bonchev–Trinajstić information content (AvgIpc) is 3.15. The Morgan fingerprint density at radius 1 is 1.06 bits per heavy atom. The minimum absolute atomic E-state index is 0.0208. The maximum absolute atomic E-state index is 12.9. The number of benzene rings is 2. The van der Waals surface area contributed by atoms with Crippen LogP contribution in [-0.2, 0) is 13.1 Å². The lowest BCUT2D eigenvalue weighted by Gasteiger charge is -2.40. The molecule has 2 saturated heterocycles. The molecule has 1 N–H and O–H groups in total. The van der Waals surface area contributed by atoms with E-state index in [2.05, 4.69) is 16.3 Å². The molecule has 7 heteroatoms. The molecule has 172 valence electrons. The van der Waals surface area contributed by atoms with Gasteiger partial charge in [0, 0.05) is 38.1 Å². The quantitative estimate of drug-likeness (QED) is 0.619. The summed E-state index contributed by atoms with van der Waals surface area (Å²) in [4.78, 5) is 17.4. The van der Waals surface area contributed by atoms with Crippen LogP contribution in [0.4, 0.5) is 4.79 Å². The van der Waals surface area contributed by atoms with Gasteiger partial charge in [0.25, 0.3) is 0 Å². The molecule has 2 fully saturated rings. The van der Waals surface area contributed by atoms with E-state index in [0.717, 1.165) is 62.4 Å². The normalized spacial score (nSPS) is 21.2. The van der Waals surface area contributed by atoms with Crippen LogP contribution < -0.4 is 10.1 Å². The Balaban J connectivity index is 1.33. The van der Waals surface area contributed by atoms with Crippen molar-refractivity contribution in [1.29, 1.82) is 0 Å². The summed E-state index contributed by atoms with van der Waals surface area (Å²) in [6.45, 7) is 7.08. The summed E-state index contributed by atoms with van der Waals surface area (Å²) in [5.74, 6) is 0.819. The van der Waals surface area contributed by atoms with E-state index < -0.39 is 0 Å². The molecule has 0 saturated carbocycles. The van der Waals surface area contributed by atoms with E-state index in [1.165, 1.54) is 12.0 Å². The monoisotopic (exact) mass is 475 g/mol. The summed E-state index contributed by atoms with van der Waals surface area (Å²) in [6.07, 6.45) is 3.34. The molecule has 32 heavy (non-hydrogen) atoms. The topological polar surface area (TPSA) is 44.8 Å². The number of methoxy groups -OCH3 is 1. The fourth-order valence-electron chi connectivity index (χ4n) is 5.11. The standard InChI is InChI=1S/C25H31Cl2N3O2/c1-18-10-20(12-21(11-18)32-2)14-28-24(31)30-8-3-6-25(17-30)7-9-29(16-25)15-19-4-5-22(26)23(27)13-19/h4-5,10-13H,3,6-9,14-17H2,1-2H3,(H,28,31). The van der Waals surface area contributed by atoms with Crippen molar-refractivity contribution in [2.75, 3.05) is 33.3 Å². The van der Waals surface area contributed by atoms with Crippen LogP contribution >= 0.6 is 23.2 Å². The van der Waals surface area contributed by atoms with Crippen LogP contribution in [-0.4, -0.2) is 49.1 Å².